The van der Waals surface area contributed by atoms with Crippen molar-refractivity contribution in [2.75, 3.05) is 0 Å². The number of benzene rings is 4. The Balaban J connectivity index is 1.80. The summed E-state index contributed by atoms with van der Waals surface area (Å²) in [5, 5.41) is 0. The van der Waals surface area contributed by atoms with Gasteiger partial charge in [0.2, 0.25) is 0 Å². The molecule has 1 aliphatic rings. The quantitative estimate of drug-likeness (QED) is 0.310. The van der Waals surface area contributed by atoms with Crippen molar-refractivity contribution in [2.45, 2.75) is 5.41 Å². The molecule has 32 heavy (non-hydrogen) atoms. The van der Waals surface area contributed by atoms with Crippen LogP contribution in [0, 0.1) is 11.6 Å². The van der Waals surface area contributed by atoms with Crippen molar-refractivity contribution in [3.8, 4) is 0 Å². The molecule has 0 saturated heterocycles. The zero-order chi connectivity index (χ0) is 22.0. The number of rotatable bonds is 4. The molecule has 5 rings (SSSR count). The van der Waals surface area contributed by atoms with E-state index in [0.717, 1.165) is 32.1 Å². The van der Waals surface area contributed by atoms with E-state index in [9.17, 15) is 8.78 Å². The molecule has 0 saturated carbocycles. The second-order valence-corrected chi connectivity index (χ2v) is 8.82. The number of hydrogen-bond donors (Lipinski definition) is 0. The average molecular weight is 439 g/mol. The molecule has 0 fully saturated rings. The monoisotopic (exact) mass is 438 g/mol. The molecule has 0 bridgehead atoms. The van der Waals surface area contributed by atoms with Crippen LogP contribution in [0.15, 0.2) is 121 Å². The fourth-order valence-electron chi connectivity index (χ4n) is 4.07. The van der Waals surface area contributed by atoms with E-state index in [0.29, 0.717) is 0 Å². The van der Waals surface area contributed by atoms with Gasteiger partial charge in [0.15, 0.2) is 0 Å². The number of thioether (sulfide) groups is 1. The molecule has 0 N–H and O–H groups in total. The summed E-state index contributed by atoms with van der Waals surface area (Å²) < 4.78 is 27.7. The first-order valence-corrected chi connectivity index (χ1v) is 11.2. The van der Waals surface area contributed by atoms with E-state index in [1.807, 2.05) is 60.7 Å². The topological polar surface area (TPSA) is 0 Å². The van der Waals surface area contributed by atoms with Gasteiger partial charge in [-0.3, -0.25) is 0 Å². The van der Waals surface area contributed by atoms with Crippen LogP contribution in [0.4, 0.5) is 8.78 Å². The van der Waals surface area contributed by atoms with E-state index in [4.69, 9.17) is 0 Å². The lowest BCUT2D eigenvalue weighted by molar-refractivity contribution is 0.624. The standard InChI is InChI=1S/C29H20F2S/c30-25-15-11-23(12-16-25)29(24-13-17-26(31)18-14-24)19-27(21-7-3-1-4-8-21)32-28(20-29)22-9-5-2-6-10-22/h1-20H. The van der Waals surface area contributed by atoms with Gasteiger partial charge >= 0.3 is 0 Å². The van der Waals surface area contributed by atoms with Gasteiger partial charge < -0.3 is 0 Å². The van der Waals surface area contributed by atoms with Gasteiger partial charge in [-0.2, -0.15) is 0 Å². The van der Waals surface area contributed by atoms with E-state index in [2.05, 4.69) is 36.4 Å². The Morgan fingerprint density at radius 1 is 0.469 bits per heavy atom. The lowest BCUT2D eigenvalue weighted by Crippen LogP contribution is -2.25. The summed E-state index contributed by atoms with van der Waals surface area (Å²) in [4.78, 5) is 2.20. The highest BCUT2D eigenvalue weighted by atomic mass is 32.2. The van der Waals surface area contributed by atoms with Crippen molar-refractivity contribution in [1.29, 1.82) is 0 Å². The highest BCUT2D eigenvalue weighted by Crippen LogP contribution is 2.51. The van der Waals surface area contributed by atoms with Crippen molar-refractivity contribution in [2.24, 2.45) is 0 Å². The van der Waals surface area contributed by atoms with Crippen molar-refractivity contribution >= 4 is 21.6 Å². The summed E-state index contributed by atoms with van der Waals surface area (Å²) in [6.45, 7) is 0. The molecule has 4 aromatic rings. The summed E-state index contributed by atoms with van der Waals surface area (Å²) in [6, 6.07) is 33.6. The Labute approximate surface area is 190 Å². The molecule has 0 unspecified atom stereocenters. The average Bonchev–Trinajstić information content (AvgIpc) is 2.85. The fourth-order valence-corrected chi connectivity index (χ4v) is 5.31. The Bertz CT molecular complexity index is 1170. The van der Waals surface area contributed by atoms with Gasteiger partial charge in [-0.15, -0.1) is 0 Å². The molecular weight excluding hydrogens is 418 g/mol. The minimum atomic E-state index is -0.678. The highest BCUT2D eigenvalue weighted by Gasteiger charge is 2.35. The zero-order valence-corrected chi connectivity index (χ0v) is 18.0. The first kappa shape index (κ1) is 20.5. The van der Waals surface area contributed by atoms with Crippen molar-refractivity contribution in [3.63, 3.8) is 0 Å². The first-order chi connectivity index (χ1) is 15.6. The van der Waals surface area contributed by atoms with Crippen molar-refractivity contribution in [3.05, 3.63) is 155 Å². The van der Waals surface area contributed by atoms with Crippen LogP contribution in [0.5, 0.6) is 0 Å². The number of hydrogen-bond acceptors (Lipinski definition) is 1. The predicted octanol–water partition coefficient (Wildman–Crippen LogP) is 8.08. The number of allylic oxidation sites excluding steroid dienone is 2. The van der Waals surface area contributed by atoms with Crippen LogP contribution in [0.3, 0.4) is 0 Å². The predicted molar refractivity (Wildman–Crippen MR) is 130 cm³/mol. The SMILES string of the molecule is Fc1ccc(C2(c3ccc(F)cc3)C=C(c3ccccc3)SC(c3ccccc3)=C2)cc1. The van der Waals surface area contributed by atoms with Crippen LogP contribution in [0.25, 0.3) is 9.81 Å². The van der Waals surface area contributed by atoms with Gasteiger partial charge in [-0.05, 0) is 46.5 Å². The van der Waals surface area contributed by atoms with Gasteiger partial charge in [0.25, 0.3) is 0 Å². The molecule has 4 aromatic carbocycles. The molecule has 0 aliphatic carbocycles. The normalized spacial score (nSPS) is 15.1. The minimum Gasteiger partial charge on any atom is -0.207 e. The summed E-state index contributed by atoms with van der Waals surface area (Å²) in [7, 11) is 0. The second kappa shape index (κ2) is 8.60. The van der Waals surface area contributed by atoms with Crippen LogP contribution in [-0.4, -0.2) is 0 Å². The number of halogens is 2. The van der Waals surface area contributed by atoms with Crippen molar-refractivity contribution in [1.82, 2.24) is 0 Å². The molecule has 1 heterocycles. The summed E-state index contributed by atoms with van der Waals surface area (Å²) in [5.74, 6) is -0.569. The van der Waals surface area contributed by atoms with Gasteiger partial charge in [-0.25, -0.2) is 8.78 Å². The van der Waals surface area contributed by atoms with Gasteiger partial charge in [0, 0.05) is 9.81 Å². The van der Waals surface area contributed by atoms with E-state index in [-0.39, 0.29) is 11.6 Å². The molecule has 3 heteroatoms. The molecule has 0 atom stereocenters. The molecule has 0 amide bonds. The smallest absolute Gasteiger partial charge is 0.123 e. The summed E-state index contributed by atoms with van der Waals surface area (Å²) in [6.07, 6.45) is 4.42. The van der Waals surface area contributed by atoms with E-state index < -0.39 is 5.41 Å². The van der Waals surface area contributed by atoms with Crippen LogP contribution < -0.4 is 0 Å². The maximum absolute atomic E-state index is 13.8. The first-order valence-electron chi connectivity index (χ1n) is 10.4. The molecule has 1 aliphatic heterocycles. The molecular formula is C29H20F2S. The fraction of sp³-hybridized carbons (Fsp3) is 0.0345. The van der Waals surface area contributed by atoms with Gasteiger partial charge in [0.05, 0.1) is 5.41 Å². The van der Waals surface area contributed by atoms with Crippen LogP contribution in [0.2, 0.25) is 0 Å². The summed E-state index contributed by atoms with van der Waals surface area (Å²) in [5.41, 5.74) is 3.38. The Kier molecular flexibility index (Phi) is 5.50. The molecule has 0 spiro atoms. The van der Waals surface area contributed by atoms with Crippen molar-refractivity contribution < 1.29 is 8.78 Å². The molecule has 156 valence electrons. The molecule has 0 aromatic heterocycles. The largest absolute Gasteiger partial charge is 0.207 e. The maximum Gasteiger partial charge on any atom is 0.123 e. The Hall–Kier alpha value is -3.43. The Morgan fingerprint density at radius 2 is 0.844 bits per heavy atom. The third-order valence-electron chi connectivity index (χ3n) is 5.70. The third-order valence-corrected chi connectivity index (χ3v) is 6.84. The van der Waals surface area contributed by atoms with E-state index in [1.54, 1.807) is 11.8 Å². The van der Waals surface area contributed by atoms with E-state index in [1.165, 1.54) is 24.3 Å². The second-order valence-electron chi connectivity index (χ2n) is 7.73. The van der Waals surface area contributed by atoms with Crippen LogP contribution in [-0.2, 0) is 5.41 Å². The molecule has 0 nitrogen and oxygen atoms in total. The maximum atomic E-state index is 13.8. The lowest BCUT2D eigenvalue weighted by Gasteiger charge is -2.35. The van der Waals surface area contributed by atoms with Gasteiger partial charge in [-0.1, -0.05) is 109 Å². The third kappa shape index (κ3) is 3.92. The minimum absolute atomic E-state index is 0.285. The Morgan fingerprint density at radius 3 is 1.22 bits per heavy atom. The lowest BCUT2D eigenvalue weighted by atomic mass is 9.73. The van der Waals surface area contributed by atoms with Gasteiger partial charge in [0.1, 0.15) is 11.6 Å². The van der Waals surface area contributed by atoms with Crippen LogP contribution >= 0.6 is 11.8 Å². The summed E-state index contributed by atoms with van der Waals surface area (Å²) >= 11 is 1.71. The van der Waals surface area contributed by atoms with Crippen LogP contribution in [0.1, 0.15) is 22.3 Å². The van der Waals surface area contributed by atoms with E-state index >= 15 is 0 Å². The zero-order valence-electron chi connectivity index (χ0n) is 17.2. The highest BCUT2D eigenvalue weighted by molar-refractivity contribution is 8.16. The molecule has 0 radical (unpaired) electrons.